The molecule has 108 valence electrons. The summed E-state index contributed by atoms with van der Waals surface area (Å²) in [6.07, 6.45) is 0. The predicted molar refractivity (Wildman–Crippen MR) is 84.7 cm³/mol. The van der Waals surface area contributed by atoms with E-state index in [2.05, 4.69) is 75.3 Å². The molecule has 0 saturated carbocycles. The van der Waals surface area contributed by atoms with Gasteiger partial charge in [-0.05, 0) is 38.3 Å². The Balaban J connectivity index is 2.40. The van der Waals surface area contributed by atoms with Crippen LogP contribution in [0.15, 0.2) is 30.3 Å². The largest absolute Gasteiger partial charge is 0.315 e. The van der Waals surface area contributed by atoms with Crippen LogP contribution in [-0.2, 0) is 0 Å². The first-order valence-electron chi connectivity index (χ1n) is 7.48. The molecule has 0 heterocycles. The van der Waals surface area contributed by atoms with Crippen LogP contribution in [0.1, 0.15) is 39.2 Å². The molecular weight excluding hydrogens is 232 g/mol. The molecule has 0 bridgehead atoms. The second-order valence-electron chi connectivity index (χ2n) is 6.04. The Morgan fingerprint density at radius 2 is 1.68 bits per heavy atom. The van der Waals surface area contributed by atoms with Crippen molar-refractivity contribution in [2.45, 2.75) is 39.7 Å². The van der Waals surface area contributed by atoms with Crippen molar-refractivity contribution in [2.24, 2.45) is 5.92 Å². The van der Waals surface area contributed by atoms with E-state index in [0.29, 0.717) is 17.9 Å². The molecule has 19 heavy (non-hydrogen) atoms. The lowest BCUT2D eigenvalue weighted by Crippen LogP contribution is -2.35. The van der Waals surface area contributed by atoms with Gasteiger partial charge < -0.3 is 10.2 Å². The van der Waals surface area contributed by atoms with Crippen molar-refractivity contribution in [3.05, 3.63) is 35.9 Å². The second kappa shape index (κ2) is 8.34. The first kappa shape index (κ1) is 16.2. The highest BCUT2D eigenvalue weighted by molar-refractivity contribution is 5.20. The minimum absolute atomic E-state index is 0.602. The molecule has 0 aliphatic carbocycles. The summed E-state index contributed by atoms with van der Waals surface area (Å²) >= 11 is 0. The highest BCUT2D eigenvalue weighted by Crippen LogP contribution is 2.23. The van der Waals surface area contributed by atoms with Gasteiger partial charge in [-0.15, -0.1) is 0 Å². The van der Waals surface area contributed by atoms with Gasteiger partial charge in [0.25, 0.3) is 0 Å². The van der Waals surface area contributed by atoms with Gasteiger partial charge in [-0.2, -0.15) is 0 Å². The zero-order chi connectivity index (χ0) is 14.3. The number of hydrogen-bond donors (Lipinski definition) is 1. The Kier molecular flexibility index (Phi) is 7.11. The fourth-order valence-corrected chi connectivity index (χ4v) is 2.21. The van der Waals surface area contributed by atoms with Crippen LogP contribution in [-0.4, -0.2) is 37.6 Å². The third kappa shape index (κ3) is 5.75. The van der Waals surface area contributed by atoms with E-state index in [1.807, 2.05) is 0 Å². The SMILES string of the molecule is CC(C)C(CNCCN(C)C(C)C)c1ccccc1. The average Bonchev–Trinajstić information content (AvgIpc) is 2.38. The molecule has 1 aromatic rings. The van der Waals surface area contributed by atoms with Crippen LogP contribution in [0.25, 0.3) is 0 Å². The summed E-state index contributed by atoms with van der Waals surface area (Å²) < 4.78 is 0. The highest BCUT2D eigenvalue weighted by Gasteiger charge is 2.15. The summed E-state index contributed by atoms with van der Waals surface area (Å²) in [6, 6.07) is 11.5. The van der Waals surface area contributed by atoms with E-state index in [1.54, 1.807) is 0 Å². The van der Waals surface area contributed by atoms with Gasteiger partial charge in [0.1, 0.15) is 0 Å². The molecule has 0 aliphatic heterocycles. The van der Waals surface area contributed by atoms with E-state index < -0.39 is 0 Å². The van der Waals surface area contributed by atoms with E-state index in [-0.39, 0.29) is 0 Å². The van der Waals surface area contributed by atoms with Crippen LogP contribution < -0.4 is 5.32 Å². The number of hydrogen-bond acceptors (Lipinski definition) is 2. The number of rotatable bonds is 8. The summed E-state index contributed by atoms with van der Waals surface area (Å²) in [5.41, 5.74) is 1.45. The van der Waals surface area contributed by atoms with Crippen molar-refractivity contribution in [1.29, 1.82) is 0 Å². The van der Waals surface area contributed by atoms with Crippen LogP contribution in [0.3, 0.4) is 0 Å². The number of nitrogens with one attached hydrogen (secondary N) is 1. The van der Waals surface area contributed by atoms with E-state index in [0.717, 1.165) is 19.6 Å². The number of benzene rings is 1. The predicted octanol–water partition coefficient (Wildman–Crippen LogP) is 3.36. The van der Waals surface area contributed by atoms with Crippen molar-refractivity contribution in [2.75, 3.05) is 26.7 Å². The molecule has 2 nitrogen and oxygen atoms in total. The second-order valence-corrected chi connectivity index (χ2v) is 6.04. The fraction of sp³-hybridized carbons (Fsp3) is 0.647. The van der Waals surface area contributed by atoms with Gasteiger partial charge in [0.2, 0.25) is 0 Å². The number of likely N-dealkylation sites (N-methyl/N-ethyl adjacent to an activating group) is 1. The summed E-state index contributed by atoms with van der Waals surface area (Å²) in [5.74, 6) is 1.27. The third-order valence-electron chi connectivity index (χ3n) is 3.92. The minimum Gasteiger partial charge on any atom is -0.315 e. The third-order valence-corrected chi connectivity index (χ3v) is 3.92. The Labute approximate surface area is 119 Å². The molecule has 1 rings (SSSR count). The standard InChI is InChI=1S/C17H30N2/c1-14(2)17(16-9-7-6-8-10-16)13-18-11-12-19(5)15(3)4/h6-10,14-15,17-18H,11-13H2,1-5H3. The molecule has 0 aromatic heterocycles. The molecule has 1 N–H and O–H groups in total. The molecule has 2 heteroatoms. The zero-order valence-corrected chi connectivity index (χ0v) is 13.2. The minimum atomic E-state index is 0.602. The Hall–Kier alpha value is -0.860. The lowest BCUT2D eigenvalue weighted by Gasteiger charge is -2.24. The van der Waals surface area contributed by atoms with E-state index in [1.165, 1.54) is 5.56 Å². The van der Waals surface area contributed by atoms with Crippen molar-refractivity contribution in [1.82, 2.24) is 10.2 Å². The Morgan fingerprint density at radius 3 is 2.21 bits per heavy atom. The fourth-order valence-electron chi connectivity index (χ4n) is 2.21. The van der Waals surface area contributed by atoms with E-state index in [4.69, 9.17) is 0 Å². The molecule has 0 saturated heterocycles. The van der Waals surface area contributed by atoms with Gasteiger partial charge in [-0.1, -0.05) is 44.2 Å². The van der Waals surface area contributed by atoms with Gasteiger partial charge in [-0.25, -0.2) is 0 Å². The first-order chi connectivity index (χ1) is 9.02. The molecule has 0 fully saturated rings. The lowest BCUT2D eigenvalue weighted by molar-refractivity contribution is 0.271. The lowest BCUT2D eigenvalue weighted by atomic mass is 9.88. The normalized spacial score (nSPS) is 13.5. The average molecular weight is 262 g/mol. The van der Waals surface area contributed by atoms with E-state index in [9.17, 15) is 0 Å². The molecule has 1 atom stereocenters. The summed E-state index contributed by atoms with van der Waals surface area (Å²) in [7, 11) is 2.18. The highest BCUT2D eigenvalue weighted by atomic mass is 15.1. The van der Waals surface area contributed by atoms with Gasteiger partial charge in [0.05, 0.1) is 0 Å². The zero-order valence-electron chi connectivity index (χ0n) is 13.2. The van der Waals surface area contributed by atoms with E-state index >= 15 is 0 Å². The molecular formula is C17H30N2. The monoisotopic (exact) mass is 262 g/mol. The van der Waals surface area contributed by atoms with Gasteiger partial charge in [0, 0.05) is 25.7 Å². The molecule has 1 unspecified atom stereocenters. The maximum Gasteiger partial charge on any atom is 0.0106 e. The summed E-state index contributed by atoms with van der Waals surface area (Å²) in [4.78, 5) is 2.37. The maximum absolute atomic E-state index is 3.61. The van der Waals surface area contributed by atoms with Crippen molar-refractivity contribution >= 4 is 0 Å². The Bertz CT molecular complexity index is 332. The molecule has 0 radical (unpaired) electrons. The Morgan fingerprint density at radius 1 is 1.05 bits per heavy atom. The number of nitrogens with zero attached hydrogens (tertiary/aromatic N) is 1. The molecule has 1 aromatic carbocycles. The van der Waals surface area contributed by atoms with Crippen LogP contribution >= 0.6 is 0 Å². The van der Waals surface area contributed by atoms with Crippen LogP contribution in [0.2, 0.25) is 0 Å². The molecule has 0 amide bonds. The van der Waals surface area contributed by atoms with Crippen LogP contribution in [0, 0.1) is 5.92 Å². The smallest absolute Gasteiger partial charge is 0.0106 e. The van der Waals surface area contributed by atoms with Crippen LogP contribution in [0.5, 0.6) is 0 Å². The van der Waals surface area contributed by atoms with Crippen molar-refractivity contribution in [3.8, 4) is 0 Å². The van der Waals surface area contributed by atoms with Gasteiger partial charge >= 0.3 is 0 Å². The maximum atomic E-state index is 3.61. The molecule has 0 spiro atoms. The van der Waals surface area contributed by atoms with Crippen LogP contribution in [0.4, 0.5) is 0 Å². The van der Waals surface area contributed by atoms with Gasteiger partial charge in [0.15, 0.2) is 0 Å². The van der Waals surface area contributed by atoms with Crippen molar-refractivity contribution in [3.63, 3.8) is 0 Å². The summed E-state index contributed by atoms with van der Waals surface area (Å²) in [5, 5.41) is 3.61. The first-order valence-corrected chi connectivity index (χ1v) is 7.48. The summed E-state index contributed by atoms with van der Waals surface area (Å²) in [6.45, 7) is 12.3. The topological polar surface area (TPSA) is 15.3 Å². The molecule has 0 aliphatic rings. The van der Waals surface area contributed by atoms with Crippen molar-refractivity contribution < 1.29 is 0 Å². The quantitative estimate of drug-likeness (QED) is 0.723. The van der Waals surface area contributed by atoms with Gasteiger partial charge in [-0.3, -0.25) is 0 Å².